The van der Waals surface area contributed by atoms with Crippen molar-refractivity contribution < 1.29 is 13.2 Å². The van der Waals surface area contributed by atoms with E-state index < -0.39 is 10.0 Å². The molecule has 0 spiro atoms. The number of hydrogen-bond acceptors (Lipinski definition) is 4. The van der Waals surface area contributed by atoms with Crippen LogP contribution in [0.1, 0.15) is 31.9 Å². The van der Waals surface area contributed by atoms with Gasteiger partial charge in [-0.25, -0.2) is 8.42 Å². The van der Waals surface area contributed by atoms with Gasteiger partial charge in [0.25, 0.3) is 0 Å². The van der Waals surface area contributed by atoms with E-state index in [-0.39, 0.29) is 11.9 Å². The number of ether oxygens (including phenoxy) is 1. The molecule has 6 heteroatoms. The Kier molecular flexibility index (Phi) is 4.99. The van der Waals surface area contributed by atoms with Crippen LogP contribution in [0.2, 0.25) is 0 Å². The second-order valence-corrected chi connectivity index (χ2v) is 7.28. The molecule has 0 N–H and O–H groups in total. The Morgan fingerprint density at radius 3 is 2.90 bits per heavy atom. The lowest BCUT2D eigenvalue weighted by molar-refractivity contribution is 0.214. The minimum atomic E-state index is -3.12. The number of sulfonamides is 1. The molecule has 0 bridgehead atoms. The highest BCUT2D eigenvalue weighted by molar-refractivity contribution is 7.89. The topological polar surface area (TPSA) is 59.5 Å². The molecule has 0 radical (unpaired) electrons. The second-order valence-electron chi connectivity index (χ2n) is 5.19. The maximum Gasteiger partial charge on any atom is 0.214 e. The minimum Gasteiger partial charge on any atom is -0.487 e. The Morgan fingerprint density at radius 2 is 2.25 bits per heavy atom. The lowest BCUT2D eigenvalue weighted by Crippen LogP contribution is -2.32. The Hall–Kier alpha value is -1.14. The summed E-state index contributed by atoms with van der Waals surface area (Å²) in [6.07, 6.45) is 3.95. The van der Waals surface area contributed by atoms with Crippen LogP contribution in [-0.2, 0) is 10.0 Å². The predicted molar refractivity (Wildman–Crippen MR) is 78.3 cm³/mol. The molecule has 1 aliphatic rings. The van der Waals surface area contributed by atoms with E-state index >= 15 is 0 Å². The van der Waals surface area contributed by atoms with Gasteiger partial charge in [0, 0.05) is 12.2 Å². The second kappa shape index (κ2) is 6.54. The Balaban J connectivity index is 1.90. The van der Waals surface area contributed by atoms with Crippen molar-refractivity contribution in [1.29, 1.82) is 0 Å². The molecule has 1 saturated heterocycles. The van der Waals surface area contributed by atoms with Gasteiger partial charge in [0.2, 0.25) is 10.0 Å². The van der Waals surface area contributed by atoms with Crippen LogP contribution in [0.25, 0.3) is 0 Å². The van der Waals surface area contributed by atoms with Crippen molar-refractivity contribution in [3.8, 4) is 5.75 Å². The highest BCUT2D eigenvalue weighted by atomic mass is 32.2. The largest absolute Gasteiger partial charge is 0.487 e. The molecule has 1 atom stereocenters. The summed E-state index contributed by atoms with van der Waals surface area (Å²) in [4.78, 5) is 4.17. The maximum atomic E-state index is 12.1. The predicted octanol–water partition coefficient (Wildman–Crippen LogP) is 1.97. The fraction of sp³-hybridized carbons (Fsp3) is 0.643. The monoisotopic (exact) mass is 298 g/mol. The zero-order valence-corrected chi connectivity index (χ0v) is 12.9. The van der Waals surface area contributed by atoms with Crippen molar-refractivity contribution in [3.63, 3.8) is 0 Å². The molecule has 0 aliphatic carbocycles. The zero-order chi connectivity index (χ0) is 14.6. The number of unbranched alkanes of at least 4 members (excludes halogenated alkanes) is 1. The molecule has 2 rings (SSSR count). The van der Waals surface area contributed by atoms with E-state index in [4.69, 9.17) is 4.74 Å². The highest BCUT2D eigenvalue weighted by Gasteiger charge is 2.31. The summed E-state index contributed by atoms with van der Waals surface area (Å²) in [5, 5.41) is 0. The van der Waals surface area contributed by atoms with Crippen LogP contribution in [0.3, 0.4) is 0 Å². The van der Waals surface area contributed by atoms with Gasteiger partial charge in [-0.3, -0.25) is 4.98 Å². The van der Waals surface area contributed by atoms with E-state index in [1.807, 2.05) is 26.0 Å². The SMILES string of the molecule is CCCCS(=O)(=O)N1CCC(Oc2ccc(C)nc2)C1. The summed E-state index contributed by atoms with van der Waals surface area (Å²) in [6, 6.07) is 3.76. The van der Waals surface area contributed by atoms with Gasteiger partial charge in [0.05, 0.1) is 18.5 Å². The Labute approximate surface area is 121 Å². The molecule has 1 aliphatic heterocycles. The molecule has 5 nitrogen and oxygen atoms in total. The van der Waals surface area contributed by atoms with Crippen LogP contribution < -0.4 is 4.74 Å². The molecule has 1 aromatic heterocycles. The fourth-order valence-corrected chi connectivity index (χ4v) is 3.91. The number of hydrogen-bond donors (Lipinski definition) is 0. The van der Waals surface area contributed by atoms with Crippen molar-refractivity contribution in [1.82, 2.24) is 9.29 Å². The van der Waals surface area contributed by atoms with Gasteiger partial charge < -0.3 is 4.74 Å². The van der Waals surface area contributed by atoms with Crippen LogP contribution in [0.5, 0.6) is 5.75 Å². The van der Waals surface area contributed by atoms with Crippen LogP contribution >= 0.6 is 0 Å². The van der Waals surface area contributed by atoms with E-state index in [9.17, 15) is 8.42 Å². The van der Waals surface area contributed by atoms with Gasteiger partial charge in [-0.15, -0.1) is 0 Å². The van der Waals surface area contributed by atoms with Crippen molar-refractivity contribution >= 4 is 10.0 Å². The highest BCUT2D eigenvalue weighted by Crippen LogP contribution is 2.20. The first-order valence-corrected chi connectivity index (χ1v) is 8.69. The first-order chi connectivity index (χ1) is 9.51. The molecule has 0 amide bonds. The smallest absolute Gasteiger partial charge is 0.214 e. The summed E-state index contributed by atoms with van der Waals surface area (Å²) in [7, 11) is -3.12. The number of pyridine rings is 1. The average Bonchev–Trinajstić information content (AvgIpc) is 2.88. The van der Waals surface area contributed by atoms with Gasteiger partial charge in [0.1, 0.15) is 11.9 Å². The molecule has 1 fully saturated rings. The summed E-state index contributed by atoms with van der Waals surface area (Å²) in [5.41, 5.74) is 0.938. The summed E-state index contributed by atoms with van der Waals surface area (Å²) < 4.78 is 31.5. The van der Waals surface area contributed by atoms with E-state index in [2.05, 4.69) is 4.98 Å². The third-order valence-corrected chi connectivity index (χ3v) is 5.37. The van der Waals surface area contributed by atoms with Gasteiger partial charge in [-0.1, -0.05) is 13.3 Å². The van der Waals surface area contributed by atoms with Gasteiger partial charge >= 0.3 is 0 Å². The van der Waals surface area contributed by atoms with Crippen molar-refractivity contribution in [3.05, 3.63) is 24.0 Å². The van der Waals surface area contributed by atoms with Crippen LogP contribution in [0.4, 0.5) is 0 Å². The maximum absolute atomic E-state index is 12.1. The fourth-order valence-electron chi connectivity index (χ4n) is 2.22. The normalized spacial score (nSPS) is 20.2. The Morgan fingerprint density at radius 1 is 1.45 bits per heavy atom. The summed E-state index contributed by atoms with van der Waals surface area (Å²) in [5.74, 6) is 0.941. The number of aryl methyl sites for hydroxylation is 1. The molecule has 2 heterocycles. The molecule has 0 aromatic carbocycles. The minimum absolute atomic E-state index is 0.0732. The van der Waals surface area contributed by atoms with Gasteiger partial charge in [-0.05, 0) is 31.9 Å². The van der Waals surface area contributed by atoms with E-state index in [0.29, 0.717) is 25.3 Å². The molecule has 112 valence electrons. The molecule has 20 heavy (non-hydrogen) atoms. The first-order valence-electron chi connectivity index (χ1n) is 7.08. The quantitative estimate of drug-likeness (QED) is 0.805. The third-order valence-electron chi connectivity index (χ3n) is 3.44. The molecular weight excluding hydrogens is 276 g/mol. The van der Waals surface area contributed by atoms with Crippen molar-refractivity contribution in [2.45, 2.75) is 39.2 Å². The molecule has 1 aromatic rings. The number of nitrogens with zero attached hydrogens (tertiary/aromatic N) is 2. The molecular formula is C14H22N2O3S. The third kappa shape index (κ3) is 3.93. The lowest BCUT2D eigenvalue weighted by atomic mass is 10.3. The van der Waals surface area contributed by atoms with Crippen LogP contribution in [0, 0.1) is 6.92 Å². The summed E-state index contributed by atoms with van der Waals surface area (Å²) in [6.45, 7) is 4.91. The number of rotatable bonds is 6. The van der Waals surface area contributed by atoms with E-state index in [1.165, 1.54) is 0 Å². The van der Waals surface area contributed by atoms with Crippen LogP contribution in [-0.4, -0.2) is 42.7 Å². The van der Waals surface area contributed by atoms with Crippen molar-refractivity contribution in [2.24, 2.45) is 0 Å². The first kappa shape index (κ1) is 15.3. The molecule has 1 unspecified atom stereocenters. The van der Waals surface area contributed by atoms with Gasteiger partial charge in [-0.2, -0.15) is 4.31 Å². The Bertz CT molecular complexity index is 528. The zero-order valence-electron chi connectivity index (χ0n) is 12.1. The van der Waals surface area contributed by atoms with Crippen molar-refractivity contribution in [2.75, 3.05) is 18.8 Å². The van der Waals surface area contributed by atoms with Crippen LogP contribution in [0.15, 0.2) is 18.3 Å². The molecule has 0 saturated carbocycles. The average molecular weight is 298 g/mol. The van der Waals surface area contributed by atoms with E-state index in [0.717, 1.165) is 18.5 Å². The lowest BCUT2D eigenvalue weighted by Gasteiger charge is -2.17. The summed E-state index contributed by atoms with van der Waals surface area (Å²) >= 11 is 0. The number of aromatic nitrogens is 1. The standard InChI is InChI=1S/C14H22N2O3S/c1-3-4-9-20(17,18)16-8-7-14(11-16)19-13-6-5-12(2)15-10-13/h5-6,10,14H,3-4,7-9,11H2,1-2H3. The van der Waals surface area contributed by atoms with E-state index in [1.54, 1.807) is 10.5 Å². The van der Waals surface area contributed by atoms with Gasteiger partial charge in [0.15, 0.2) is 0 Å².